The Kier molecular flexibility index (Phi) is 7.74. The zero-order chi connectivity index (χ0) is 23.5. The molecule has 1 amide bonds. The average Bonchev–Trinajstić information content (AvgIpc) is 3.27. The van der Waals surface area contributed by atoms with Crippen LogP contribution in [0.3, 0.4) is 0 Å². The standard InChI is InChI=1S/C26H27Cl3N2O2/c1-3-17-4-6-18(7-5-17)26(32)31-14-21(16(2)33-25-11-9-20(27)13-30-25)22(15-31)19-8-10-23(28)24(29)12-19/h1,8-13,16-18,21-22H,4-7,14-15H2,2H3/t16-,17?,18?,21+,22+/m0/s1. The lowest BCUT2D eigenvalue weighted by molar-refractivity contribution is -0.135. The number of carbonyl (C=O) groups is 1. The number of terminal acetylenes is 1. The Bertz CT molecular complexity index is 1030. The Labute approximate surface area is 210 Å². The number of ether oxygens (including phenoxy) is 1. The summed E-state index contributed by atoms with van der Waals surface area (Å²) in [7, 11) is 0. The Morgan fingerprint density at radius 2 is 1.88 bits per heavy atom. The van der Waals surface area contributed by atoms with E-state index in [2.05, 4.69) is 10.9 Å². The molecule has 0 radical (unpaired) electrons. The zero-order valence-corrected chi connectivity index (χ0v) is 20.8. The highest BCUT2D eigenvalue weighted by Gasteiger charge is 2.42. The first-order chi connectivity index (χ1) is 15.9. The minimum atomic E-state index is -0.173. The van der Waals surface area contributed by atoms with Crippen LogP contribution in [0.15, 0.2) is 36.5 Å². The van der Waals surface area contributed by atoms with Crippen LogP contribution in [0.1, 0.15) is 44.1 Å². The summed E-state index contributed by atoms with van der Waals surface area (Å²) >= 11 is 18.4. The van der Waals surface area contributed by atoms with Crippen LogP contribution in [0.2, 0.25) is 15.1 Å². The van der Waals surface area contributed by atoms with Gasteiger partial charge in [-0.25, -0.2) is 4.98 Å². The van der Waals surface area contributed by atoms with Crippen molar-refractivity contribution in [2.45, 2.75) is 44.6 Å². The summed E-state index contributed by atoms with van der Waals surface area (Å²) in [5.41, 5.74) is 1.06. The summed E-state index contributed by atoms with van der Waals surface area (Å²) < 4.78 is 6.17. The van der Waals surface area contributed by atoms with Gasteiger partial charge in [0.2, 0.25) is 11.8 Å². The number of aromatic nitrogens is 1. The van der Waals surface area contributed by atoms with Gasteiger partial charge >= 0.3 is 0 Å². The molecule has 2 heterocycles. The maximum absolute atomic E-state index is 13.4. The molecular formula is C26H27Cl3N2O2. The number of hydrogen-bond acceptors (Lipinski definition) is 3. The van der Waals surface area contributed by atoms with Crippen molar-refractivity contribution in [1.82, 2.24) is 9.88 Å². The molecule has 1 aliphatic carbocycles. The van der Waals surface area contributed by atoms with Gasteiger partial charge in [0.25, 0.3) is 0 Å². The molecule has 1 saturated heterocycles. The number of hydrogen-bond donors (Lipinski definition) is 0. The number of halogens is 3. The molecule has 0 bridgehead atoms. The van der Waals surface area contributed by atoms with Crippen LogP contribution in [-0.2, 0) is 4.79 Å². The van der Waals surface area contributed by atoms with E-state index in [4.69, 9.17) is 46.0 Å². The van der Waals surface area contributed by atoms with Crippen molar-refractivity contribution >= 4 is 40.7 Å². The number of nitrogens with zero attached hydrogens (tertiary/aromatic N) is 2. The molecule has 1 aromatic heterocycles. The van der Waals surface area contributed by atoms with E-state index >= 15 is 0 Å². The summed E-state index contributed by atoms with van der Waals surface area (Å²) in [6.07, 6.45) is 10.5. The first kappa shape index (κ1) is 24.2. The fourth-order valence-corrected chi connectivity index (χ4v) is 5.47. The van der Waals surface area contributed by atoms with E-state index in [-0.39, 0.29) is 29.8 Å². The molecule has 7 heteroatoms. The highest BCUT2D eigenvalue weighted by Crippen LogP contribution is 2.40. The third-order valence-corrected chi connectivity index (χ3v) is 7.93. The van der Waals surface area contributed by atoms with Crippen LogP contribution in [0, 0.1) is 30.1 Å². The van der Waals surface area contributed by atoms with E-state index in [0.717, 1.165) is 31.2 Å². The molecule has 4 rings (SSSR count). The first-order valence-corrected chi connectivity index (χ1v) is 12.5. The molecule has 0 N–H and O–H groups in total. The van der Waals surface area contributed by atoms with Crippen molar-refractivity contribution in [3.63, 3.8) is 0 Å². The molecule has 0 spiro atoms. The van der Waals surface area contributed by atoms with Crippen molar-refractivity contribution < 1.29 is 9.53 Å². The van der Waals surface area contributed by atoms with E-state index in [9.17, 15) is 4.79 Å². The van der Waals surface area contributed by atoms with Crippen molar-refractivity contribution in [3.8, 4) is 18.2 Å². The van der Waals surface area contributed by atoms with E-state index in [1.54, 1.807) is 18.3 Å². The Balaban J connectivity index is 1.54. The van der Waals surface area contributed by atoms with Crippen LogP contribution in [0.5, 0.6) is 5.88 Å². The molecule has 2 aliphatic rings. The van der Waals surface area contributed by atoms with Crippen LogP contribution in [-0.4, -0.2) is 35.0 Å². The average molecular weight is 506 g/mol. The minimum absolute atomic E-state index is 0.0389. The summed E-state index contributed by atoms with van der Waals surface area (Å²) in [6.45, 7) is 3.27. The number of likely N-dealkylation sites (tertiary alicyclic amines) is 1. The molecule has 3 atom stereocenters. The van der Waals surface area contributed by atoms with E-state index in [0.29, 0.717) is 40.0 Å². The van der Waals surface area contributed by atoms with Crippen LogP contribution in [0.25, 0.3) is 0 Å². The first-order valence-electron chi connectivity index (χ1n) is 11.3. The molecule has 1 aromatic carbocycles. The van der Waals surface area contributed by atoms with Crippen molar-refractivity contribution in [2.24, 2.45) is 17.8 Å². The largest absolute Gasteiger partial charge is 0.474 e. The van der Waals surface area contributed by atoms with Gasteiger partial charge in [0.1, 0.15) is 6.10 Å². The van der Waals surface area contributed by atoms with Gasteiger partial charge < -0.3 is 9.64 Å². The summed E-state index contributed by atoms with van der Waals surface area (Å²) in [5.74, 6) is 4.06. The smallest absolute Gasteiger partial charge is 0.225 e. The number of pyridine rings is 1. The predicted octanol–water partition coefficient (Wildman–Crippen LogP) is 6.49. The number of benzene rings is 1. The van der Waals surface area contributed by atoms with Gasteiger partial charge in [-0.05, 0) is 56.4 Å². The fraction of sp³-hybridized carbons (Fsp3) is 0.462. The predicted molar refractivity (Wildman–Crippen MR) is 133 cm³/mol. The van der Waals surface area contributed by atoms with E-state index in [1.165, 1.54) is 0 Å². The summed E-state index contributed by atoms with van der Waals surface area (Å²) in [6, 6.07) is 9.22. The molecule has 33 heavy (non-hydrogen) atoms. The van der Waals surface area contributed by atoms with Gasteiger partial charge in [-0.1, -0.05) is 40.9 Å². The Morgan fingerprint density at radius 3 is 2.52 bits per heavy atom. The Hall–Kier alpha value is -1.93. The third kappa shape index (κ3) is 5.60. The lowest BCUT2D eigenvalue weighted by Gasteiger charge is -2.29. The lowest BCUT2D eigenvalue weighted by atomic mass is 9.82. The van der Waals surface area contributed by atoms with Gasteiger partial charge in [0.15, 0.2) is 0 Å². The van der Waals surface area contributed by atoms with Gasteiger partial charge in [0, 0.05) is 49.0 Å². The lowest BCUT2D eigenvalue weighted by Crippen LogP contribution is -2.37. The number of amides is 1. The molecule has 2 fully saturated rings. The fourth-order valence-electron chi connectivity index (χ4n) is 5.06. The molecule has 0 unspecified atom stereocenters. The summed E-state index contributed by atoms with van der Waals surface area (Å²) in [4.78, 5) is 19.7. The Morgan fingerprint density at radius 1 is 1.12 bits per heavy atom. The highest BCUT2D eigenvalue weighted by atomic mass is 35.5. The van der Waals surface area contributed by atoms with Crippen molar-refractivity contribution in [1.29, 1.82) is 0 Å². The molecule has 2 aromatic rings. The van der Waals surface area contributed by atoms with Crippen molar-refractivity contribution in [2.75, 3.05) is 13.1 Å². The third-order valence-electron chi connectivity index (χ3n) is 6.97. The SMILES string of the molecule is C#CC1CCC(C(=O)N2C[C@H]([C@H](C)Oc3ccc(Cl)cn3)[C@@H](c3ccc(Cl)c(Cl)c3)C2)CC1. The van der Waals surface area contributed by atoms with Crippen LogP contribution in [0.4, 0.5) is 0 Å². The second kappa shape index (κ2) is 10.6. The molecular weight excluding hydrogens is 479 g/mol. The zero-order valence-electron chi connectivity index (χ0n) is 18.5. The van der Waals surface area contributed by atoms with Gasteiger partial charge in [-0.3, -0.25) is 4.79 Å². The molecule has 1 aliphatic heterocycles. The normalized spacial score (nSPS) is 26.0. The van der Waals surface area contributed by atoms with Crippen molar-refractivity contribution in [3.05, 3.63) is 57.2 Å². The van der Waals surface area contributed by atoms with Gasteiger partial charge in [0.05, 0.1) is 15.1 Å². The number of carbonyl (C=O) groups excluding carboxylic acids is 1. The monoisotopic (exact) mass is 504 g/mol. The second-order valence-corrected chi connectivity index (χ2v) is 10.3. The maximum Gasteiger partial charge on any atom is 0.225 e. The topological polar surface area (TPSA) is 42.4 Å². The quantitative estimate of drug-likeness (QED) is 0.436. The van der Waals surface area contributed by atoms with E-state index < -0.39 is 0 Å². The van der Waals surface area contributed by atoms with Gasteiger partial charge in [-0.15, -0.1) is 12.3 Å². The minimum Gasteiger partial charge on any atom is -0.474 e. The van der Waals surface area contributed by atoms with Crippen LogP contribution >= 0.6 is 34.8 Å². The highest BCUT2D eigenvalue weighted by molar-refractivity contribution is 6.42. The van der Waals surface area contributed by atoms with E-state index in [1.807, 2.05) is 30.0 Å². The number of rotatable bonds is 5. The molecule has 174 valence electrons. The van der Waals surface area contributed by atoms with Gasteiger partial charge in [-0.2, -0.15) is 0 Å². The molecule has 1 saturated carbocycles. The van der Waals surface area contributed by atoms with Crippen LogP contribution < -0.4 is 4.74 Å². The second-order valence-electron chi connectivity index (χ2n) is 9.04. The summed E-state index contributed by atoms with van der Waals surface area (Å²) in [5, 5.41) is 1.59. The maximum atomic E-state index is 13.4. The molecule has 4 nitrogen and oxygen atoms in total.